The van der Waals surface area contributed by atoms with E-state index in [1.807, 2.05) is 54.7 Å². The first kappa shape index (κ1) is 14.1. The van der Waals surface area contributed by atoms with E-state index in [0.29, 0.717) is 11.2 Å². The minimum atomic E-state index is -0.288. The Balaban J connectivity index is 1.54. The third kappa shape index (κ3) is 2.72. The van der Waals surface area contributed by atoms with Crippen LogP contribution in [0.3, 0.4) is 0 Å². The van der Waals surface area contributed by atoms with E-state index >= 15 is 0 Å². The van der Waals surface area contributed by atoms with Crippen molar-refractivity contribution in [3.8, 4) is 11.1 Å². The first-order valence-corrected chi connectivity index (χ1v) is 7.42. The molecule has 1 amide bonds. The molecule has 6 nitrogen and oxygen atoms in total. The summed E-state index contributed by atoms with van der Waals surface area (Å²) in [5.74, 6) is -0.288. The summed E-state index contributed by atoms with van der Waals surface area (Å²) < 4.78 is 0. The van der Waals surface area contributed by atoms with Gasteiger partial charge in [-0.05, 0) is 29.8 Å². The van der Waals surface area contributed by atoms with Gasteiger partial charge in [-0.1, -0.05) is 24.3 Å². The van der Waals surface area contributed by atoms with E-state index in [4.69, 9.17) is 0 Å². The van der Waals surface area contributed by atoms with E-state index in [1.165, 1.54) is 6.20 Å². The molecule has 0 aliphatic rings. The highest BCUT2D eigenvalue weighted by Gasteiger charge is 2.09. The van der Waals surface area contributed by atoms with Gasteiger partial charge in [-0.3, -0.25) is 14.9 Å². The molecule has 0 fully saturated rings. The van der Waals surface area contributed by atoms with E-state index < -0.39 is 0 Å². The van der Waals surface area contributed by atoms with Gasteiger partial charge < -0.3 is 5.32 Å². The highest BCUT2D eigenvalue weighted by atomic mass is 16.1. The lowest BCUT2D eigenvalue weighted by atomic mass is 10.1. The average Bonchev–Trinajstić information content (AvgIpc) is 3.16. The van der Waals surface area contributed by atoms with Crippen molar-refractivity contribution in [1.29, 1.82) is 0 Å². The van der Waals surface area contributed by atoms with Crippen LogP contribution in [0, 0.1) is 0 Å². The molecule has 2 N–H and O–H groups in total. The zero-order valence-corrected chi connectivity index (χ0v) is 12.6. The van der Waals surface area contributed by atoms with E-state index in [9.17, 15) is 4.79 Å². The maximum absolute atomic E-state index is 12.3. The molecule has 4 aromatic rings. The molecule has 0 saturated carbocycles. The third-order valence-corrected chi connectivity index (χ3v) is 3.66. The Bertz CT molecular complexity index is 994. The number of rotatable bonds is 3. The fourth-order valence-electron chi connectivity index (χ4n) is 2.42. The molecule has 0 aliphatic carbocycles. The summed E-state index contributed by atoms with van der Waals surface area (Å²) in [5, 5.41) is 9.53. The summed E-state index contributed by atoms with van der Waals surface area (Å²) >= 11 is 0. The molecule has 0 atom stereocenters. The fourth-order valence-corrected chi connectivity index (χ4v) is 2.42. The second-order valence-corrected chi connectivity index (χ2v) is 5.26. The number of nitrogens with one attached hydrogen (secondary N) is 2. The lowest BCUT2D eigenvalue weighted by Gasteiger charge is -2.06. The van der Waals surface area contributed by atoms with Crippen molar-refractivity contribution in [2.75, 3.05) is 5.32 Å². The maximum Gasteiger partial charge on any atom is 0.275 e. The van der Waals surface area contributed by atoms with Crippen LogP contribution < -0.4 is 5.32 Å². The maximum atomic E-state index is 12.3. The molecule has 2 heterocycles. The van der Waals surface area contributed by atoms with Gasteiger partial charge in [-0.15, -0.1) is 0 Å². The highest BCUT2D eigenvalue weighted by molar-refractivity contribution is 6.03. The lowest BCUT2D eigenvalue weighted by Crippen LogP contribution is -2.14. The lowest BCUT2D eigenvalue weighted by molar-refractivity contribution is 0.102. The fraction of sp³-hybridized carbons (Fsp3) is 0. The van der Waals surface area contributed by atoms with Gasteiger partial charge in [0, 0.05) is 17.4 Å². The molecular formula is C18H13N5O. The molecular weight excluding hydrogens is 302 g/mol. The van der Waals surface area contributed by atoms with E-state index in [-0.39, 0.29) is 11.6 Å². The van der Waals surface area contributed by atoms with Crippen LogP contribution >= 0.6 is 0 Å². The normalized spacial score (nSPS) is 10.7. The number of aromatic nitrogens is 4. The van der Waals surface area contributed by atoms with Crippen LogP contribution in [0.4, 0.5) is 5.69 Å². The number of aromatic amines is 1. The van der Waals surface area contributed by atoms with E-state index in [2.05, 4.69) is 25.5 Å². The van der Waals surface area contributed by atoms with E-state index in [1.54, 1.807) is 6.20 Å². The zero-order valence-electron chi connectivity index (χ0n) is 12.6. The average molecular weight is 315 g/mol. The number of benzene rings is 2. The summed E-state index contributed by atoms with van der Waals surface area (Å²) in [7, 11) is 0. The Hall–Kier alpha value is -3.54. The van der Waals surface area contributed by atoms with Gasteiger partial charge in [0.1, 0.15) is 5.69 Å². The molecule has 2 aromatic carbocycles. The number of hydrogen-bond acceptors (Lipinski definition) is 4. The third-order valence-electron chi connectivity index (χ3n) is 3.66. The van der Waals surface area contributed by atoms with Gasteiger partial charge in [-0.2, -0.15) is 5.10 Å². The van der Waals surface area contributed by atoms with Crippen molar-refractivity contribution >= 4 is 22.6 Å². The quantitative estimate of drug-likeness (QED) is 0.608. The first-order valence-electron chi connectivity index (χ1n) is 7.42. The Morgan fingerprint density at radius 1 is 0.917 bits per heavy atom. The highest BCUT2D eigenvalue weighted by Crippen LogP contribution is 2.20. The van der Waals surface area contributed by atoms with Crippen LogP contribution in [0.15, 0.2) is 67.1 Å². The number of hydrogen-bond donors (Lipinski definition) is 2. The minimum Gasteiger partial charge on any atom is -0.321 e. The molecule has 0 spiro atoms. The van der Waals surface area contributed by atoms with Crippen LogP contribution in [0.25, 0.3) is 22.2 Å². The number of amides is 1. The van der Waals surface area contributed by atoms with Crippen molar-refractivity contribution in [2.24, 2.45) is 0 Å². The molecule has 0 aliphatic heterocycles. The molecule has 4 rings (SSSR count). The van der Waals surface area contributed by atoms with Crippen LogP contribution in [0.1, 0.15) is 10.5 Å². The molecule has 6 heteroatoms. The predicted molar refractivity (Wildman–Crippen MR) is 91.5 cm³/mol. The standard InChI is InChI=1S/C18H13N5O/c24-18(17-11-19-15-3-1-2-4-16(15)23-17)22-14-7-5-12(6-8-14)13-9-20-21-10-13/h1-11H,(H,20,21)(H,22,24). The molecule has 24 heavy (non-hydrogen) atoms. The van der Waals surface area contributed by atoms with Crippen molar-refractivity contribution in [3.05, 3.63) is 72.8 Å². The SMILES string of the molecule is O=C(Nc1ccc(-c2cn[nH]c2)cc1)c1cnc2ccccc2n1. The summed E-state index contributed by atoms with van der Waals surface area (Å²) in [6.07, 6.45) is 5.05. The van der Waals surface area contributed by atoms with E-state index in [0.717, 1.165) is 16.6 Å². The van der Waals surface area contributed by atoms with Gasteiger partial charge in [0.25, 0.3) is 5.91 Å². The number of carbonyl (C=O) groups excluding carboxylic acids is 1. The molecule has 2 aromatic heterocycles. The zero-order chi connectivity index (χ0) is 16.4. The molecule has 116 valence electrons. The Kier molecular flexibility index (Phi) is 3.47. The molecule has 0 saturated heterocycles. The predicted octanol–water partition coefficient (Wildman–Crippen LogP) is 3.27. The number of H-pyrrole nitrogens is 1. The number of fused-ring (bicyclic) bond motifs is 1. The smallest absolute Gasteiger partial charge is 0.275 e. The first-order chi connectivity index (χ1) is 11.8. The molecule has 0 unspecified atom stereocenters. The monoisotopic (exact) mass is 315 g/mol. The van der Waals surface area contributed by atoms with Crippen molar-refractivity contribution in [2.45, 2.75) is 0 Å². The van der Waals surface area contributed by atoms with Crippen molar-refractivity contribution in [3.63, 3.8) is 0 Å². The van der Waals surface area contributed by atoms with Crippen LogP contribution in [0.2, 0.25) is 0 Å². The largest absolute Gasteiger partial charge is 0.321 e. The summed E-state index contributed by atoms with van der Waals surface area (Å²) in [6.45, 7) is 0. The second kappa shape index (κ2) is 5.92. The number of anilines is 1. The second-order valence-electron chi connectivity index (χ2n) is 5.26. The topological polar surface area (TPSA) is 83.6 Å². The van der Waals surface area contributed by atoms with Gasteiger partial charge in [0.15, 0.2) is 0 Å². The Labute approximate surface area is 137 Å². The van der Waals surface area contributed by atoms with Crippen molar-refractivity contribution < 1.29 is 4.79 Å². The van der Waals surface area contributed by atoms with Crippen LogP contribution in [0.5, 0.6) is 0 Å². The number of para-hydroxylation sites is 2. The van der Waals surface area contributed by atoms with Crippen LogP contribution in [-0.4, -0.2) is 26.1 Å². The summed E-state index contributed by atoms with van der Waals surface area (Å²) in [6, 6.07) is 15.0. The summed E-state index contributed by atoms with van der Waals surface area (Å²) in [5.41, 5.74) is 4.45. The number of carbonyl (C=O) groups is 1. The molecule has 0 bridgehead atoms. The van der Waals surface area contributed by atoms with Crippen molar-refractivity contribution in [1.82, 2.24) is 20.2 Å². The molecule has 0 radical (unpaired) electrons. The minimum absolute atomic E-state index is 0.285. The van der Waals surface area contributed by atoms with Crippen LogP contribution in [-0.2, 0) is 0 Å². The Morgan fingerprint density at radius 3 is 2.46 bits per heavy atom. The van der Waals surface area contributed by atoms with Gasteiger partial charge in [0.05, 0.1) is 23.4 Å². The van der Waals surface area contributed by atoms with Gasteiger partial charge >= 0.3 is 0 Å². The Morgan fingerprint density at radius 2 is 1.71 bits per heavy atom. The van der Waals surface area contributed by atoms with Gasteiger partial charge in [-0.25, -0.2) is 4.98 Å². The van der Waals surface area contributed by atoms with Gasteiger partial charge in [0.2, 0.25) is 0 Å². The number of nitrogens with zero attached hydrogens (tertiary/aromatic N) is 3. The summed E-state index contributed by atoms with van der Waals surface area (Å²) in [4.78, 5) is 20.9.